The van der Waals surface area contributed by atoms with Gasteiger partial charge < -0.3 is 10.5 Å². The first-order chi connectivity index (χ1) is 7.31. The Balaban J connectivity index is 2.43. The van der Waals surface area contributed by atoms with Crippen molar-refractivity contribution in [3.8, 4) is 5.75 Å². The smallest absolute Gasteiger partial charge is 0.123 e. The van der Waals surface area contributed by atoms with Crippen molar-refractivity contribution in [2.45, 2.75) is 0 Å². The normalized spacial score (nSPS) is 10.5. The molecule has 2 aromatic carbocycles. The molecule has 0 fully saturated rings. The van der Waals surface area contributed by atoms with Gasteiger partial charge in [0.2, 0.25) is 0 Å². The number of ether oxygens (including phenoxy) is 1. The highest BCUT2D eigenvalue weighted by Crippen LogP contribution is 2.27. The Kier molecular flexibility index (Phi) is 2.72. The lowest BCUT2D eigenvalue weighted by molar-refractivity contribution is 0.273. The van der Waals surface area contributed by atoms with Crippen LogP contribution in [0, 0.1) is 0 Å². The zero-order valence-electron chi connectivity index (χ0n) is 8.16. The van der Waals surface area contributed by atoms with Gasteiger partial charge in [0.25, 0.3) is 0 Å². The molecule has 0 aliphatic rings. The van der Waals surface area contributed by atoms with Crippen LogP contribution in [0.25, 0.3) is 10.8 Å². The van der Waals surface area contributed by atoms with Gasteiger partial charge in [0.05, 0.1) is 5.69 Å². The molecule has 0 spiro atoms. The van der Waals surface area contributed by atoms with Gasteiger partial charge in [-0.3, -0.25) is 0 Å². The summed E-state index contributed by atoms with van der Waals surface area (Å²) < 4.78 is 17.1. The molecule has 3 heteroatoms. The predicted molar refractivity (Wildman–Crippen MR) is 58.2 cm³/mol. The summed E-state index contributed by atoms with van der Waals surface area (Å²) in [4.78, 5) is 0. The fraction of sp³-hybridized carbons (Fsp3) is 0.167. The Labute approximate surface area is 87.5 Å². The Morgan fingerprint density at radius 3 is 2.80 bits per heavy atom. The number of nitrogens with one attached hydrogen (secondary N) is 1. The first-order valence-electron chi connectivity index (χ1n) is 4.74. The topological polar surface area (TPSA) is 33.0 Å². The summed E-state index contributed by atoms with van der Waals surface area (Å²) in [7, 11) is 0. The molecule has 1 N–H and O–H groups in total. The maximum Gasteiger partial charge on any atom is 0.123 e. The monoisotopic (exact) mass is 204 g/mol. The number of benzene rings is 2. The summed E-state index contributed by atoms with van der Waals surface area (Å²) in [6.45, 7) is -0.474. The quantitative estimate of drug-likeness (QED) is 0.756. The van der Waals surface area contributed by atoms with Gasteiger partial charge >= 0.3 is 0 Å². The minimum Gasteiger partial charge on any atom is -0.491 e. The summed E-state index contributed by atoms with van der Waals surface area (Å²) in [6, 6.07) is 11.0. The maximum absolute atomic E-state index is 11.9. The molecule has 0 unspecified atom stereocenters. The fourth-order valence-electron chi connectivity index (χ4n) is 1.52. The second kappa shape index (κ2) is 4.17. The molecule has 0 heterocycles. The molecule has 77 valence electrons. The maximum atomic E-state index is 11.9. The molecule has 0 aliphatic carbocycles. The molecule has 0 saturated heterocycles. The Hall–Kier alpha value is -1.77. The summed E-state index contributed by atoms with van der Waals surface area (Å²) in [5, 5.41) is 1.82. The van der Waals surface area contributed by atoms with Crippen molar-refractivity contribution in [2.24, 2.45) is 0 Å². The molecule has 1 radical (unpaired) electrons. The van der Waals surface area contributed by atoms with Gasteiger partial charge in [-0.05, 0) is 11.5 Å². The van der Waals surface area contributed by atoms with Crippen LogP contribution in [0.3, 0.4) is 0 Å². The van der Waals surface area contributed by atoms with E-state index in [4.69, 9.17) is 10.5 Å². The molecule has 0 bridgehead atoms. The van der Waals surface area contributed by atoms with Crippen LogP contribution in [0.1, 0.15) is 0 Å². The van der Waals surface area contributed by atoms with E-state index in [2.05, 4.69) is 0 Å². The highest BCUT2D eigenvalue weighted by molar-refractivity contribution is 5.93. The average Bonchev–Trinajstić information content (AvgIpc) is 2.26. The third-order valence-corrected chi connectivity index (χ3v) is 2.18. The van der Waals surface area contributed by atoms with E-state index in [9.17, 15) is 4.39 Å². The summed E-state index contributed by atoms with van der Waals surface area (Å²) in [6.07, 6.45) is 0. The summed E-state index contributed by atoms with van der Waals surface area (Å²) in [5.74, 6) is 0.552. The Morgan fingerprint density at radius 2 is 2.00 bits per heavy atom. The van der Waals surface area contributed by atoms with Gasteiger partial charge in [-0.2, -0.15) is 0 Å². The highest BCUT2D eigenvalue weighted by atomic mass is 19.1. The third kappa shape index (κ3) is 2.01. The zero-order chi connectivity index (χ0) is 10.7. The van der Waals surface area contributed by atoms with Crippen LogP contribution in [0.2, 0.25) is 0 Å². The minimum absolute atomic E-state index is 0.0395. The van der Waals surface area contributed by atoms with Gasteiger partial charge in [0, 0.05) is 11.5 Å². The predicted octanol–water partition coefficient (Wildman–Crippen LogP) is 3.10. The van der Waals surface area contributed by atoms with Gasteiger partial charge in [0.1, 0.15) is 19.0 Å². The molecule has 2 aromatic rings. The van der Waals surface area contributed by atoms with E-state index in [0.29, 0.717) is 11.4 Å². The summed E-state index contributed by atoms with van der Waals surface area (Å²) >= 11 is 0. The van der Waals surface area contributed by atoms with E-state index in [1.54, 1.807) is 6.07 Å². The molecule has 0 saturated carbocycles. The average molecular weight is 204 g/mol. The van der Waals surface area contributed by atoms with Gasteiger partial charge in [0.15, 0.2) is 0 Å². The SMILES string of the molecule is [NH]c1cc(OCCF)cc2ccccc12. The van der Waals surface area contributed by atoms with Crippen LogP contribution in [0.5, 0.6) is 5.75 Å². The van der Waals surface area contributed by atoms with Crippen molar-refractivity contribution >= 4 is 16.5 Å². The second-order valence-electron chi connectivity index (χ2n) is 3.23. The number of halogens is 1. The molecule has 2 nitrogen and oxygen atoms in total. The van der Waals surface area contributed by atoms with Crippen molar-refractivity contribution in [1.82, 2.24) is 5.73 Å². The van der Waals surface area contributed by atoms with Crippen LogP contribution < -0.4 is 10.5 Å². The van der Waals surface area contributed by atoms with E-state index in [0.717, 1.165) is 10.8 Å². The lowest BCUT2D eigenvalue weighted by atomic mass is 10.1. The van der Waals surface area contributed by atoms with Gasteiger partial charge in [-0.15, -0.1) is 0 Å². The van der Waals surface area contributed by atoms with E-state index in [-0.39, 0.29) is 6.61 Å². The Morgan fingerprint density at radius 1 is 1.20 bits per heavy atom. The first kappa shape index (κ1) is 9.77. The number of hydrogen-bond acceptors (Lipinski definition) is 1. The molecular formula is C12H11FNO. The molecule has 2 rings (SSSR count). The van der Waals surface area contributed by atoms with Crippen molar-refractivity contribution in [2.75, 3.05) is 13.3 Å². The summed E-state index contributed by atoms with van der Waals surface area (Å²) in [5.41, 5.74) is 8.17. The fourth-order valence-corrected chi connectivity index (χ4v) is 1.52. The first-order valence-corrected chi connectivity index (χ1v) is 4.74. The lowest BCUT2D eigenvalue weighted by Gasteiger charge is -2.07. The Bertz CT molecular complexity index is 470. The molecule has 0 aromatic heterocycles. The molecule has 0 atom stereocenters. The molecule has 0 amide bonds. The van der Waals surface area contributed by atoms with E-state index in [1.165, 1.54) is 0 Å². The largest absolute Gasteiger partial charge is 0.491 e. The van der Waals surface area contributed by atoms with Gasteiger partial charge in [-0.25, -0.2) is 4.39 Å². The van der Waals surface area contributed by atoms with Crippen LogP contribution >= 0.6 is 0 Å². The molecule has 0 aliphatic heterocycles. The third-order valence-electron chi connectivity index (χ3n) is 2.18. The number of alkyl halides is 1. The second-order valence-corrected chi connectivity index (χ2v) is 3.23. The van der Waals surface area contributed by atoms with Crippen molar-refractivity contribution in [3.05, 3.63) is 36.4 Å². The minimum atomic E-state index is -0.514. The lowest BCUT2D eigenvalue weighted by Crippen LogP contribution is -1.98. The van der Waals surface area contributed by atoms with Crippen molar-refractivity contribution in [1.29, 1.82) is 0 Å². The van der Waals surface area contributed by atoms with Crippen LogP contribution in [0.4, 0.5) is 10.1 Å². The number of hydrogen-bond donors (Lipinski definition) is 0. The molecular weight excluding hydrogens is 193 g/mol. The van der Waals surface area contributed by atoms with Crippen molar-refractivity contribution in [3.63, 3.8) is 0 Å². The highest BCUT2D eigenvalue weighted by Gasteiger charge is 2.01. The van der Waals surface area contributed by atoms with Crippen LogP contribution in [-0.2, 0) is 0 Å². The molecule has 15 heavy (non-hydrogen) atoms. The zero-order valence-corrected chi connectivity index (χ0v) is 8.16. The standard InChI is InChI=1S/C12H11FNO/c13-5-6-15-10-7-9-3-1-2-4-11(9)12(14)8-10/h1-4,7-8,14H,5-6H2. The van der Waals surface area contributed by atoms with E-state index in [1.807, 2.05) is 30.3 Å². The van der Waals surface area contributed by atoms with Gasteiger partial charge in [-0.1, -0.05) is 24.3 Å². The van der Waals surface area contributed by atoms with Crippen LogP contribution in [-0.4, -0.2) is 13.3 Å². The van der Waals surface area contributed by atoms with E-state index >= 15 is 0 Å². The van der Waals surface area contributed by atoms with Crippen LogP contribution in [0.15, 0.2) is 36.4 Å². The number of rotatable bonds is 3. The van der Waals surface area contributed by atoms with E-state index < -0.39 is 6.67 Å². The van der Waals surface area contributed by atoms with Crippen molar-refractivity contribution < 1.29 is 9.13 Å². The number of fused-ring (bicyclic) bond motifs is 1.